The topological polar surface area (TPSA) is 148 Å². The van der Waals surface area contributed by atoms with Gasteiger partial charge in [0, 0.05) is 50.9 Å². The van der Waals surface area contributed by atoms with Crippen molar-refractivity contribution in [1.82, 2.24) is 35.4 Å². The van der Waals surface area contributed by atoms with Crippen molar-refractivity contribution in [3.8, 4) is 0 Å². The smallest absolute Gasteiger partial charge is 0.417 e. The predicted molar refractivity (Wildman–Crippen MR) is 220 cm³/mol. The summed E-state index contributed by atoms with van der Waals surface area (Å²) in [4.78, 5) is 63.9. The molecule has 13 nitrogen and oxygen atoms in total. The highest BCUT2D eigenvalue weighted by Gasteiger charge is 2.41. The third-order valence-corrected chi connectivity index (χ3v) is 10.8. The first kappa shape index (κ1) is 42.6. The number of carbonyl (C=O) groups is 4. The third kappa shape index (κ3) is 11.3. The maximum Gasteiger partial charge on any atom is 0.417 e. The van der Waals surface area contributed by atoms with Gasteiger partial charge in [-0.25, -0.2) is 24.3 Å². The maximum atomic E-state index is 14.5. The van der Waals surface area contributed by atoms with Crippen LogP contribution < -0.4 is 10.7 Å². The van der Waals surface area contributed by atoms with Crippen LogP contribution in [0.4, 0.5) is 14.4 Å². The lowest BCUT2D eigenvalue weighted by Gasteiger charge is -2.35. The first-order valence-corrected chi connectivity index (χ1v) is 19.9. The van der Waals surface area contributed by atoms with Gasteiger partial charge in [0.1, 0.15) is 6.04 Å². The minimum Gasteiger partial charge on any atom is -0.452 e. The van der Waals surface area contributed by atoms with Crippen LogP contribution in [0.5, 0.6) is 0 Å². The average Bonchev–Trinajstić information content (AvgIpc) is 3.58. The summed E-state index contributed by atoms with van der Waals surface area (Å²) in [6, 6.07) is 26.2. The van der Waals surface area contributed by atoms with E-state index >= 15 is 0 Å². The number of ether oxygens (including phenoxy) is 1. The summed E-state index contributed by atoms with van der Waals surface area (Å²) in [7, 11) is 1.23. The van der Waals surface area contributed by atoms with Crippen molar-refractivity contribution < 1.29 is 29.0 Å². The van der Waals surface area contributed by atoms with Gasteiger partial charge in [-0.3, -0.25) is 15.2 Å². The Morgan fingerprint density at radius 2 is 1.54 bits per heavy atom. The van der Waals surface area contributed by atoms with Crippen molar-refractivity contribution in [2.24, 2.45) is 11.8 Å². The standard InChI is InChI=1S/C44H57N7O6/c1-6-31(3)27-51(44(56)57-5)42(54)47-49(28-34-18-12-9-13-19-34)30-39(52)38(26-33-16-10-8-11-17-33)46-41(53)40(32(4)7-2)50-25-24-48(43(50)55)29-35-22-23-45-37-21-15-14-20-36(35)37/h8-23,31-32,38-40,52H,6-7,24-30H2,1-5H3,(H,46,53)(H,47,54). The number of methoxy groups -OCH3 is 1. The summed E-state index contributed by atoms with van der Waals surface area (Å²) in [6.07, 6.45) is 1.44. The van der Waals surface area contributed by atoms with Crippen LogP contribution >= 0.6 is 0 Å². The predicted octanol–water partition coefficient (Wildman–Crippen LogP) is 6.22. The molecule has 13 heteroatoms. The molecule has 0 aliphatic carbocycles. The van der Waals surface area contributed by atoms with E-state index in [2.05, 4.69) is 15.7 Å². The molecule has 1 saturated heterocycles. The zero-order valence-corrected chi connectivity index (χ0v) is 33.7. The summed E-state index contributed by atoms with van der Waals surface area (Å²) >= 11 is 0. The number of nitrogens with zero attached hydrogens (tertiary/aromatic N) is 5. The molecule has 4 aromatic rings. The van der Waals surface area contributed by atoms with Crippen LogP contribution in [0.15, 0.2) is 97.2 Å². The van der Waals surface area contributed by atoms with Gasteiger partial charge >= 0.3 is 18.2 Å². The number of urea groups is 2. The van der Waals surface area contributed by atoms with Gasteiger partial charge in [-0.15, -0.1) is 0 Å². The van der Waals surface area contributed by atoms with E-state index in [1.807, 2.05) is 119 Å². The first-order valence-electron chi connectivity index (χ1n) is 19.9. The maximum absolute atomic E-state index is 14.5. The average molecular weight is 780 g/mol. The fraction of sp³-hybridized carbons (Fsp3) is 0.432. The second kappa shape index (κ2) is 20.6. The molecule has 3 aromatic carbocycles. The number of aromatic nitrogens is 1. The molecule has 0 saturated carbocycles. The van der Waals surface area contributed by atoms with Gasteiger partial charge in [-0.05, 0) is 47.1 Å². The Morgan fingerprint density at radius 1 is 0.877 bits per heavy atom. The largest absolute Gasteiger partial charge is 0.452 e. The van der Waals surface area contributed by atoms with E-state index in [-0.39, 0.29) is 49.8 Å². The fourth-order valence-corrected chi connectivity index (χ4v) is 7.15. The number of nitrogens with one attached hydrogen (secondary N) is 2. The summed E-state index contributed by atoms with van der Waals surface area (Å²) in [6.45, 7) is 9.34. The van der Waals surface area contributed by atoms with E-state index in [9.17, 15) is 24.3 Å². The van der Waals surface area contributed by atoms with E-state index in [4.69, 9.17) is 4.74 Å². The van der Waals surface area contributed by atoms with E-state index in [0.29, 0.717) is 26.1 Å². The Hall–Kier alpha value is -5.53. The number of aliphatic hydroxyl groups is 1. The second-order valence-corrected chi connectivity index (χ2v) is 15.0. The number of imide groups is 1. The molecule has 5 unspecified atom stereocenters. The molecule has 6 amide bonds. The van der Waals surface area contributed by atoms with Gasteiger partial charge in [0.25, 0.3) is 0 Å². The molecular formula is C44H57N7O6. The minimum atomic E-state index is -1.19. The van der Waals surface area contributed by atoms with Crippen molar-refractivity contribution in [2.45, 2.75) is 78.2 Å². The Morgan fingerprint density at radius 3 is 2.21 bits per heavy atom. The molecule has 304 valence electrons. The molecule has 5 rings (SSSR count). The fourth-order valence-electron chi connectivity index (χ4n) is 7.15. The monoisotopic (exact) mass is 779 g/mol. The summed E-state index contributed by atoms with van der Waals surface area (Å²) in [5.41, 5.74) is 6.41. The number of para-hydroxylation sites is 1. The number of hydrazine groups is 1. The number of carbonyl (C=O) groups excluding carboxylic acids is 4. The molecule has 1 fully saturated rings. The van der Waals surface area contributed by atoms with E-state index in [1.165, 1.54) is 7.11 Å². The lowest BCUT2D eigenvalue weighted by Crippen LogP contribution is -2.59. The molecule has 1 aromatic heterocycles. The second-order valence-electron chi connectivity index (χ2n) is 15.0. The van der Waals surface area contributed by atoms with Crippen molar-refractivity contribution in [3.05, 3.63) is 114 Å². The van der Waals surface area contributed by atoms with Gasteiger partial charge in [-0.1, -0.05) is 119 Å². The number of aliphatic hydroxyl groups excluding tert-OH is 1. The highest BCUT2D eigenvalue weighted by Crippen LogP contribution is 2.25. The summed E-state index contributed by atoms with van der Waals surface area (Å²) in [5.74, 6) is -0.524. The number of hydrogen-bond acceptors (Lipinski definition) is 8. The normalized spacial score (nSPS) is 15.5. The minimum absolute atomic E-state index is 0.0250. The molecule has 3 N–H and O–H groups in total. The first-order chi connectivity index (χ1) is 27.5. The number of pyridine rings is 1. The highest BCUT2D eigenvalue weighted by atomic mass is 16.5. The Kier molecular flexibility index (Phi) is 15.4. The van der Waals surface area contributed by atoms with Crippen LogP contribution in [-0.2, 0) is 29.0 Å². The lowest BCUT2D eigenvalue weighted by atomic mass is 9.95. The van der Waals surface area contributed by atoms with Crippen molar-refractivity contribution in [1.29, 1.82) is 0 Å². The van der Waals surface area contributed by atoms with Crippen LogP contribution in [0, 0.1) is 11.8 Å². The zero-order valence-electron chi connectivity index (χ0n) is 33.7. The number of rotatable bonds is 18. The lowest BCUT2D eigenvalue weighted by molar-refractivity contribution is -0.128. The molecule has 1 aliphatic rings. The molecule has 1 aliphatic heterocycles. The molecule has 57 heavy (non-hydrogen) atoms. The van der Waals surface area contributed by atoms with E-state index in [0.717, 1.165) is 38.9 Å². The van der Waals surface area contributed by atoms with Crippen molar-refractivity contribution in [2.75, 3.05) is 33.3 Å². The van der Waals surface area contributed by atoms with Crippen LogP contribution in [0.25, 0.3) is 10.9 Å². The van der Waals surface area contributed by atoms with Crippen LogP contribution in [0.1, 0.15) is 57.2 Å². The zero-order chi connectivity index (χ0) is 40.9. The van der Waals surface area contributed by atoms with Crippen LogP contribution in [-0.4, -0.2) is 105 Å². The molecule has 0 radical (unpaired) electrons. The summed E-state index contributed by atoms with van der Waals surface area (Å²) in [5, 5.41) is 17.7. The van der Waals surface area contributed by atoms with Crippen LogP contribution in [0.3, 0.4) is 0 Å². The third-order valence-electron chi connectivity index (χ3n) is 10.8. The molecule has 2 heterocycles. The molecule has 5 atom stereocenters. The quantitative estimate of drug-likeness (QED) is 0.101. The Balaban J connectivity index is 1.38. The molecule has 0 bridgehead atoms. The summed E-state index contributed by atoms with van der Waals surface area (Å²) < 4.78 is 4.94. The van der Waals surface area contributed by atoms with Gasteiger partial charge in [0.05, 0.1) is 24.8 Å². The number of amides is 6. The van der Waals surface area contributed by atoms with E-state index < -0.39 is 30.3 Å². The van der Waals surface area contributed by atoms with Crippen LogP contribution in [0.2, 0.25) is 0 Å². The SMILES string of the molecule is CCC(C)CN(C(=O)NN(Cc1ccccc1)CC(O)C(Cc1ccccc1)NC(=O)C(C(C)CC)N1CCN(Cc2ccnc3ccccc23)C1=O)C(=O)OC. The molecular weight excluding hydrogens is 723 g/mol. The molecule has 0 spiro atoms. The van der Waals surface area contributed by atoms with Gasteiger partial charge < -0.3 is 25.0 Å². The van der Waals surface area contributed by atoms with Gasteiger partial charge in [0.2, 0.25) is 5.91 Å². The van der Waals surface area contributed by atoms with Gasteiger partial charge in [0.15, 0.2) is 0 Å². The number of benzene rings is 3. The van der Waals surface area contributed by atoms with Crippen molar-refractivity contribution >= 4 is 35.0 Å². The van der Waals surface area contributed by atoms with Crippen molar-refractivity contribution in [3.63, 3.8) is 0 Å². The Bertz CT molecular complexity index is 1930. The number of hydrogen-bond donors (Lipinski definition) is 3. The van der Waals surface area contributed by atoms with E-state index in [1.54, 1.807) is 21.0 Å². The van der Waals surface area contributed by atoms with Gasteiger partial charge in [-0.2, -0.15) is 0 Å². The number of fused-ring (bicyclic) bond motifs is 1. The Labute approximate surface area is 335 Å². The highest BCUT2D eigenvalue weighted by molar-refractivity contribution is 5.91.